The zero-order chi connectivity index (χ0) is 31.3. The molecule has 4 aromatic carbocycles. The van der Waals surface area contributed by atoms with Gasteiger partial charge in [-0.05, 0) is 79.2 Å². The second-order valence-corrected chi connectivity index (χ2v) is 12.0. The van der Waals surface area contributed by atoms with Gasteiger partial charge in [-0.2, -0.15) is 4.31 Å². The van der Waals surface area contributed by atoms with Crippen molar-refractivity contribution in [3.63, 3.8) is 0 Å². The average Bonchev–Trinajstić information content (AvgIpc) is 3.26. The number of benzene rings is 4. The number of fused-ring (bicyclic) bond motifs is 1. The first-order chi connectivity index (χ1) is 21.1. The maximum absolute atomic E-state index is 13.9. The molecule has 5 rings (SSSR count). The Balaban J connectivity index is 1.43. The zero-order valence-corrected chi connectivity index (χ0v) is 24.7. The molecule has 2 amide bonds. The summed E-state index contributed by atoms with van der Waals surface area (Å²) in [6.07, 6.45) is -0.363. The number of carbonyl (C=O) groups excluding carboxylic acids is 2. The maximum atomic E-state index is 13.9. The molecular formula is C33H25ClN2O7S. The minimum absolute atomic E-state index is 0.182. The highest BCUT2D eigenvalue weighted by Gasteiger charge is 2.39. The molecule has 222 valence electrons. The van der Waals surface area contributed by atoms with E-state index in [0.29, 0.717) is 22.1 Å². The zero-order valence-electron chi connectivity index (χ0n) is 23.1. The van der Waals surface area contributed by atoms with Crippen molar-refractivity contribution in [2.45, 2.75) is 17.4 Å². The van der Waals surface area contributed by atoms with Crippen molar-refractivity contribution in [3.8, 4) is 23.3 Å². The van der Waals surface area contributed by atoms with Gasteiger partial charge in [-0.3, -0.25) is 19.3 Å². The van der Waals surface area contributed by atoms with Crippen LogP contribution in [0.3, 0.4) is 0 Å². The van der Waals surface area contributed by atoms with E-state index < -0.39 is 40.4 Å². The number of hydrogen-bond acceptors (Lipinski definition) is 6. The lowest BCUT2D eigenvalue weighted by Gasteiger charge is -2.27. The summed E-state index contributed by atoms with van der Waals surface area (Å²) in [6, 6.07) is 25.7. The van der Waals surface area contributed by atoms with E-state index in [1.807, 2.05) is 6.07 Å². The third-order valence-corrected chi connectivity index (χ3v) is 8.98. The number of nitrogens with zero attached hydrogens (tertiary/aromatic N) is 2. The van der Waals surface area contributed by atoms with Crippen LogP contribution in [-0.4, -0.2) is 59.6 Å². The van der Waals surface area contributed by atoms with Gasteiger partial charge in [0.05, 0.1) is 22.6 Å². The van der Waals surface area contributed by atoms with E-state index in [9.17, 15) is 27.9 Å². The van der Waals surface area contributed by atoms with Gasteiger partial charge in [0.2, 0.25) is 10.0 Å². The standard InChI is InChI=1S/C33H25ClN2O7S/c34-24-14-12-23(13-15-24)7-6-21-36(44(41,42)27-18-16-26(17-19-27)43-25-8-2-1-3-9-25)30(33(39)40)20-22-35-31(37)28-10-4-5-11-29(28)32(35)38/h1-5,8-19,30H,20-22H2,(H,39,40). The van der Waals surface area contributed by atoms with Gasteiger partial charge in [0, 0.05) is 17.1 Å². The molecule has 1 aliphatic rings. The Kier molecular flexibility index (Phi) is 9.11. The van der Waals surface area contributed by atoms with Crippen LogP contribution in [0.4, 0.5) is 0 Å². The lowest BCUT2D eigenvalue weighted by atomic mass is 10.1. The summed E-state index contributed by atoms with van der Waals surface area (Å²) in [6.45, 7) is -0.796. The van der Waals surface area contributed by atoms with E-state index in [0.717, 1.165) is 9.21 Å². The Morgan fingerprint density at radius 3 is 2.00 bits per heavy atom. The predicted octanol–water partition coefficient (Wildman–Crippen LogP) is 5.31. The first-order valence-electron chi connectivity index (χ1n) is 13.4. The van der Waals surface area contributed by atoms with Crippen molar-refractivity contribution in [3.05, 3.63) is 125 Å². The first kappa shape index (κ1) is 30.5. The second-order valence-electron chi connectivity index (χ2n) is 9.70. The smallest absolute Gasteiger partial charge is 0.322 e. The fraction of sp³-hybridized carbons (Fsp3) is 0.121. The Bertz CT molecular complexity index is 1830. The Morgan fingerprint density at radius 2 is 1.41 bits per heavy atom. The van der Waals surface area contributed by atoms with Gasteiger partial charge in [0.15, 0.2) is 0 Å². The number of rotatable bonds is 10. The monoisotopic (exact) mass is 628 g/mol. The number of carboxylic acid groups (broad SMARTS) is 1. The summed E-state index contributed by atoms with van der Waals surface area (Å²) >= 11 is 5.93. The molecule has 0 aliphatic carbocycles. The van der Waals surface area contributed by atoms with Gasteiger partial charge >= 0.3 is 5.97 Å². The van der Waals surface area contributed by atoms with Crippen LogP contribution in [0, 0.1) is 11.8 Å². The van der Waals surface area contributed by atoms with Crippen LogP contribution in [0.2, 0.25) is 5.02 Å². The molecule has 0 fully saturated rings. The molecule has 0 bridgehead atoms. The highest BCUT2D eigenvalue weighted by Crippen LogP contribution is 2.27. The Labute approximate surface area is 259 Å². The molecule has 0 radical (unpaired) electrons. The molecule has 1 aliphatic heterocycles. The number of para-hydroxylation sites is 1. The molecule has 9 nitrogen and oxygen atoms in total. The van der Waals surface area contributed by atoms with E-state index in [2.05, 4.69) is 11.8 Å². The third kappa shape index (κ3) is 6.66. The fourth-order valence-electron chi connectivity index (χ4n) is 4.64. The largest absolute Gasteiger partial charge is 0.480 e. The summed E-state index contributed by atoms with van der Waals surface area (Å²) in [5.74, 6) is 3.93. The summed E-state index contributed by atoms with van der Waals surface area (Å²) < 4.78 is 34.4. The molecule has 1 atom stereocenters. The van der Waals surface area contributed by atoms with Crippen LogP contribution >= 0.6 is 11.6 Å². The molecule has 1 unspecified atom stereocenters. The van der Waals surface area contributed by atoms with Crippen molar-refractivity contribution < 1.29 is 32.6 Å². The highest BCUT2D eigenvalue weighted by molar-refractivity contribution is 7.89. The number of imide groups is 1. The molecule has 1 N–H and O–H groups in total. The van der Waals surface area contributed by atoms with Crippen molar-refractivity contribution in [1.29, 1.82) is 0 Å². The maximum Gasteiger partial charge on any atom is 0.322 e. The van der Waals surface area contributed by atoms with Gasteiger partial charge in [-0.25, -0.2) is 8.42 Å². The lowest BCUT2D eigenvalue weighted by molar-refractivity contribution is -0.141. The normalized spacial score (nSPS) is 13.3. The number of sulfonamides is 1. The van der Waals surface area contributed by atoms with E-state index in [1.54, 1.807) is 60.7 Å². The average molecular weight is 629 g/mol. The molecule has 0 aromatic heterocycles. The first-order valence-corrected chi connectivity index (χ1v) is 15.2. The molecule has 44 heavy (non-hydrogen) atoms. The van der Waals surface area contributed by atoms with Crippen molar-refractivity contribution >= 4 is 39.4 Å². The molecule has 4 aromatic rings. The van der Waals surface area contributed by atoms with Crippen molar-refractivity contribution in [1.82, 2.24) is 9.21 Å². The summed E-state index contributed by atoms with van der Waals surface area (Å²) in [7, 11) is -4.44. The third-order valence-electron chi connectivity index (χ3n) is 6.86. The number of hydrogen-bond donors (Lipinski definition) is 1. The lowest BCUT2D eigenvalue weighted by Crippen LogP contribution is -2.47. The summed E-state index contributed by atoms with van der Waals surface area (Å²) in [4.78, 5) is 39.1. The topological polar surface area (TPSA) is 121 Å². The Morgan fingerprint density at radius 1 is 0.841 bits per heavy atom. The van der Waals surface area contributed by atoms with E-state index >= 15 is 0 Å². The van der Waals surface area contributed by atoms with Crippen LogP contribution in [0.5, 0.6) is 11.5 Å². The van der Waals surface area contributed by atoms with Crippen molar-refractivity contribution in [2.75, 3.05) is 13.1 Å². The predicted molar refractivity (Wildman–Crippen MR) is 163 cm³/mol. The number of carbonyl (C=O) groups is 3. The van der Waals surface area contributed by atoms with E-state index in [4.69, 9.17) is 16.3 Å². The fourth-order valence-corrected chi connectivity index (χ4v) is 6.28. The Hall–Kier alpha value is -4.95. The molecule has 0 saturated heterocycles. The number of aliphatic carboxylic acids is 1. The second kappa shape index (κ2) is 13.1. The highest BCUT2D eigenvalue weighted by atomic mass is 35.5. The summed E-state index contributed by atoms with van der Waals surface area (Å²) in [5, 5.41) is 10.7. The van der Waals surface area contributed by atoms with Gasteiger partial charge in [0.1, 0.15) is 17.5 Å². The number of carboxylic acids is 1. The molecule has 1 heterocycles. The number of amides is 2. The van der Waals surface area contributed by atoms with Crippen LogP contribution in [0.15, 0.2) is 108 Å². The number of ether oxygens (including phenoxy) is 1. The van der Waals surface area contributed by atoms with Crippen LogP contribution in [0.25, 0.3) is 0 Å². The molecule has 11 heteroatoms. The minimum atomic E-state index is -4.44. The van der Waals surface area contributed by atoms with Crippen LogP contribution in [0.1, 0.15) is 32.7 Å². The molecular weight excluding hydrogens is 604 g/mol. The van der Waals surface area contributed by atoms with Gasteiger partial charge in [-0.15, -0.1) is 0 Å². The van der Waals surface area contributed by atoms with Crippen molar-refractivity contribution in [2.24, 2.45) is 0 Å². The summed E-state index contributed by atoms with van der Waals surface area (Å²) in [5.41, 5.74) is 0.966. The van der Waals surface area contributed by atoms with Crippen LogP contribution in [-0.2, 0) is 14.8 Å². The number of halogens is 1. The SMILES string of the molecule is O=C(O)C(CCN1C(=O)c2ccccc2C1=O)N(CC#Cc1ccc(Cl)cc1)S(=O)(=O)c1ccc(Oc2ccccc2)cc1. The van der Waals surface area contributed by atoms with E-state index in [-0.39, 0.29) is 29.0 Å². The van der Waals surface area contributed by atoms with E-state index in [1.165, 1.54) is 36.4 Å². The van der Waals surface area contributed by atoms with Gasteiger partial charge < -0.3 is 9.84 Å². The molecule has 0 saturated carbocycles. The quantitative estimate of drug-likeness (QED) is 0.186. The molecule has 0 spiro atoms. The van der Waals surface area contributed by atoms with Gasteiger partial charge in [0.25, 0.3) is 11.8 Å². The van der Waals surface area contributed by atoms with Gasteiger partial charge in [-0.1, -0.05) is 53.8 Å². The van der Waals surface area contributed by atoms with Crippen LogP contribution < -0.4 is 4.74 Å². The minimum Gasteiger partial charge on any atom is -0.480 e.